The molecule has 1 aliphatic rings. The van der Waals surface area contributed by atoms with Crippen molar-refractivity contribution in [3.63, 3.8) is 0 Å². The van der Waals surface area contributed by atoms with Gasteiger partial charge in [0.05, 0.1) is 5.36 Å². The second-order valence-corrected chi connectivity index (χ2v) is 5.34. The number of hydrogen-bond donors (Lipinski definition) is 0. The fraction of sp³-hybridized carbons (Fsp3) is 0.188. The SMILES string of the molecule is FC(F)Oc1ccc(CN2C=c3ccc(Cl)cc3=NC2)cc1. The molecule has 3 nitrogen and oxygen atoms in total. The molecule has 2 aromatic rings. The predicted molar refractivity (Wildman–Crippen MR) is 80.2 cm³/mol. The Morgan fingerprint density at radius 1 is 1.18 bits per heavy atom. The lowest BCUT2D eigenvalue weighted by atomic mass is 10.2. The smallest absolute Gasteiger partial charge is 0.387 e. The van der Waals surface area contributed by atoms with E-state index in [0.717, 1.165) is 16.1 Å². The number of alkyl halides is 2. The summed E-state index contributed by atoms with van der Waals surface area (Å²) >= 11 is 5.94. The zero-order chi connectivity index (χ0) is 15.5. The number of nitrogens with zero attached hydrogens (tertiary/aromatic N) is 2. The number of hydrogen-bond acceptors (Lipinski definition) is 3. The zero-order valence-corrected chi connectivity index (χ0v) is 12.3. The molecule has 0 aliphatic carbocycles. The van der Waals surface area contributed by atoms with Crippen LogP contribution in [-0.2, 0) is 6.54 Å². The van der Waals surface area contributed by atoms with Gasteiger partial charge >= 0.3 is 6.61 Å². The fourth-order valence-corrected chi connectivity index (χ4v) is 2.44. The summed E-state index contributed by atoms with van der Waals surface area (Å²) in [5.41, 5.74) is 0.991. The van der Waals surface area contributed by atoms with Crippen LogP contribution in [0.5, 0.6) is 5.75 Å². The second-order valence-electron chi connectivity index (χ2n) is 4.90. The van der Waals surface area contributed by atoms with E-state index in [9.17, 15) is 8.78 Å². The van der Waals surface area contributed by atoms with Crippen LogP contribution >= 0.6 is 11.6 Å². The van der Waals surface area contributed by atoms with Crippen molar-refractivity contribution in [3.8, 4) is 5.75 Å². The molecule has 0 unspecified atom stereocenters. The molecule has 1 aliphatic heterocycles. The molecule has 1 heterocycles. The average Bonchev–Trinajstić information content (AvgIpc) is 2.49. The topological polar surface area (TPSA) is 24.8 Å². The Hall–Kier alpha value is -2.14. The van der Waals surface area contributed by atoms with Crippen molar-refractivity contribution in [1.82, 2.24) is 4.90 Å². The van der Waals surface area contributed by atoms with E-state index < -0.39 is 6.61 Å². The molecule has 6 heteroatoms. The highest BCUT2D eigenvalue weighted by atomic mass is 35.5. The first-order chi connectivity index (χ1) is 10.6. The Morgan fingerprint density at radius 2 is 1.95 bits per heavy atom. The van der Waals surface area contributed by atoms with E-state index in [-0.39, 0.29) is 5.75 Å². The lowest BCUT2D eigenvalue weighted by Gasteiger charge is -2.20. The van der Waals surface area contributed by atoms with Gasteiger partial charge in [-0.05, 0) is 35.9 Å². The van der Waals surface area contributed by atoms with Crippen LogP contribution in [0, 0.1) is 0 Å². The van der Waals surface area contributed by atoms with Crippen LogP contribution in [0.4, 0.5) is 8.78 Å². The molecule has 114 valence electrons. The van der Waals surface area contributed by atoms with Crippen molar-refractivity contribution in [1.29, 1.82) is 0 Å². The molecule has 2 aromatic carbocycles. The molecule has 0 N–H and O–H groups in total. The number of benzene rings is 2. The third-order valence-corrected chi connectivity index (χ3v) is 3.51. The normalized spacial score (nSPS) is 13.4. The summed E-state index contributed by atoms with van der Waals surface area (Å²) in [5.74, 6) is 0.158. The third-order valence-electron chi connectivity index (χ3n) is 3.27. The zero-order valence-electron chi connectivity index (χ0n) is 11.5. The minimum atomic E-state index is -2.80. The van der Waals surface area contributed by atoms with Crippen molar-refractivity contribution in [3.05, 3.63) is 63.6 Å². The minimum Gasteiger partial charge on any atom is -0.435 e. The van der Waals surface area contributed by atoms with Crippen LogP contribution in [0.25, 0.3) is 6.20 Å². The van der Waals surface area contributed by atoms with Crippen LogP contribution in [0.15, 0.2) is 47.5 Å². The van der Waals surface area contributed by atoms with Crippen molar-refractivity contribution in [2.24, 2.45) is 4.99 Å². The van der Waals surface area contributed by atoms with Crippen LogP contribution in [0.3, 0.4) is 0 Å². The Labute approximate surface area is 131 Å². The Balaban J connectivity index is 1.73. The van der Waals surface area contributed by atoms with Gasteiger partial charge in [0.15, 0.2) is 0 Å². The van der Waals surface area contributed by atoms with Crippen LogP contribution < -0.4 is 15.3 Å². The van der Waals surface area contributed by atoms with Crippen LogP contribution in [-0.4, -0.2) is 18.2 Å². The van der Waals surface area contributed by atoms with Gasteiger partial charge in [0, 0.05) is 23.0 Å². The number of fused-ring (bicyclic) bond motifs is 1. The van der Waals surface area contributed by atoms with Gasteiger partial charge in [-0.1, -0.05) is 23.7 Å². The van der Waals surface area contributed by atoms with Gasteiger partial charge < -0.3 is 9.64 Å². The van der Waals surface area contributed by atoms with Crippen LogP contribution in [0.2, 0.25) is 5.02 Å². The van der Waals surface area contributed by atoms with Crippen molar-refractivity contribution >= 4 is 17.8 Å². The highest BCUT2D eigenvalue weighted by molar-refractivity contribution is 6.30. The van der Waals surface area contributed by atoms with Crippen molar-refractivity contribution < 1.29 is 13.5 Å². The largest absolute Gasteiger partial charge is 0.435 e. The van der Waals surface area contributed by atoms with Gasteiger partial charge in [0.2, 0.25) is 0 Å². The summed E-state index contributed by atoms with van der Waals surface area (Å²) in [6.07, 6.45) is 2.02. The Kier molecular flexibility index (Phi) is 4.24. The third kappa shape index (κ3) is 3.54. The fourth-order valence-electron chi connectivity index (χ4n) is 2.27. The first-order valence-electron chi connectivity index (χ1n) is 6.70. The van der Waals surface area contributed by atoms with Gasteiger partial charge in [-0.3, -0.25) is 4.99 Å². The molecule has 0 fully saturated rings. The van der Waals surface area contributed by atoms with E-state index in [1.165, 1.54) is 12.1 Å². The Morgan fingerprint density at radius 3 is 2.68 bits per heavy atom. The Bertz CT molecular complexity index is 778. The molecular formula is C16H13ClF2N2O. The number of halogens is 3. The van der Waals surface area contributed by atoms with E-state index in [4.69, 9.17) is 11.6 Å². The molecule has 22 heavy (non-hydrogen) atoms. The van der Waals surface area contributed by atoms with E-state index >= 15 is 0 Å². The summed E-state index contributed by atoms with van der Waals surface area (Å²) in [4.78, 5) is 6.52. The van der Waals surface area contributed by atoms with Crippen LogP contribution in [0.1, 0.15) is 5.56 Å². The van der Waals surface area contributed by atoms with E-state index in [0.29, 0.717) is 18.2 Å². The summed E-state index contributed by atoms with van der Waals surface area (Å²) in [7, 11) is 0. The minimum absolute atomic E-state index is 0.158. The summed E-state index contributed by atoms with van der Waals surface area (Å²) < 4.78 is 28.5. The highest BCUT2D eigenvalue weighted by Crippen LogP contribution is 2.16. The molecule has 0 aromatic heterocycles. The van der Waals surface area contributed by atoms with Gasteiger partial charge in [-0.15, -0.1) is 0 Å². The first kappa shape index (κ1) is 14.8. The van der Waals surface area contributed by atoms with Crippen molar-refractivity contribution in [2.45, 2.75) is 13.2 Å². The van der Waals surface area contributed by atoms with Gasteiger partial charge in [-0.25, -0.2) is 0 Å². The molecule has 0 atom stereocenters. The van der Waals surface area contributed by atoms with E-state index in [1.807, 2.05) is 29.3 Å². The van der Waals surface area contributed by atoms with Gasteiger partial charge in [0.1, 0.15) is 12.4 Å². The maximum absolute atomic E-state index is 12.1. The van der Waals surface area contributed by atoms with E-state index in [1.54, 1.807) is 12.1 Å². The molecule has 0 radical (unpaired) electrons. The summed E-state index contributed by atoms with van der Waals surface area (Å²) in [6, 6.07) is 12.2. The molecule has 0 saturated carbocycles. The first-order valence-corrected chi connectivity index (χ1v) is 7.08. The number of ether oxygens (including phenoxy) is 1. The standard InChI is InChI=1S/C16H13ClF2N2O/c17-13-4-3-12-9-21(10-20-15(12)7-13)8-11-1-5-14(6-2-11)22-16(18)19/h1-7,9,16H,8,10H2. The maximum atomic E-state index is 12.1. The maximum Gasteiger partial charge on any atom is 0.387 e. The molecule has 0 spiro atoms. The monoisotopic (exact) mass is 322 g/mol. The van der Waals surface area contributed by atoms with Gasteiger partial charge in [-0.2, -0.15) is 8.78 Å². The molecule has 3 rings (SSSR count). The van der Waals surface area contributed by atoms with Crippen molar-refractivity contribution in [2.75, 3.05) is 6.67 Å². The number of rotatable bonds is 4. The molecular weight excluding hydrogens is 310 g/mol. The lowest BCUT2D eigenvalue weighted by molar-refractivity contribution is -0.0498. The average molecular weight is 323 g/mol. The quantitative estimate of drug-likeness (QED) is 0.864. The lowest BCUT2D eigenvalue weighted by Crippen LogP contribution is -2.35. The highest BCUT2D eigenvalue weighted by Gasteiger charge is 2.07. The second kappa shape index (κ2) is 6.32. The summed E-state index contributed by atoms with van der Waals surface area (Å²) in [5, 5.41) is 2.55. The van der Waals surface area contributed by atoms with E-state index in [2.05, 4.69) is 9.73 Å². The summed E-state index contributed by atoms with van der Waals surface area (Å²) in [6.45, 7) is -1.63. The molecule has 0 bridgehead atoms. The molecule has 0 saturated heterocycles. The predicted octanol–water partition coefficient (Wildman–Crippen LogP) is 2.77. The molecule has 0 amide bonds. The van der Waals surface area contributed by atoms with Gasteiger partial charge in [0.25, 0.3) is 0 Å².